The molecule has 0 radical (unpaired) electrons. The lowest BCUT2D eigenvalue weighted by atomic mass is 10.1. The van der Waals surface area contributed by atoms with Gasteiger partial charge in [-0.3, -0.25) is 0 Å². The standard InChI is InChI=1S/C12H25NOSi.2H2S/c1-15(8-3-2-4-9-15)10-12(14)11-6-5-7-13-11;;/h11-14H,2-10H2,1H3;2*1H2/t11-,12+;;/m0../s1. The van der Waals surface area contributed by atoms with Crippen LogP contribution < -0.4 is 5.32 Å². The Morgan fingerprint density at radius 3 is 2.35 bits per heavy atom. The lowest BCUT2D eigenvalue weighted by molar-refractivity contribution is 0.152. The van der Waals surface area contributed by atoms with Gasteiger partial charge in [0.2, 0.25) is 0 Å². The van der Waals surface area contributed by atoms with E-state index in [9.17, 15) is 5.11 Å². The molecule has 2 fully saturated rings. The first-order valence-electron chi connectivity index (χ1n) is 6.61. The van der Waals surface area contributed by atoms with Crippen molar-refractivity contribution in [1.82, 2.24) is 5.32 Å². The number of aliphatic hydroxyl groups excluding tert-OH is 1. The molecule has 2 aliphatic rings. The third kappa shape index (κ3) is 5.15. The third-order valence-electron chi connectivity index (χ3n) is 4.33. The fraction of sp³-hybridized carbons (Fsp3) is 1.00. The molecule has 0 saturated carbocycles. The first kappa shape index (κ1) is 17.8. The van der Waals surface area contributed by atoms with Gasteiger partial charge in [-0.15, -0.1) is 0 Å². The Bertz CT molecular complexity index is 207. The second-order valence-electron chi connectivity index (χ2n) is 5.85. The van der Waals surface area contributed by atoms with Crippen molar-refractivity contribution < 1.29 is 5.11 Å². The number of hydrogen-bond acceptors (Lipinski definition) is 2. The zero-order valence-corrected chi connectivity index (χ0v) is 14.0. The number of nitrogens with one attached hydrogen (secondary N) is 1. The van der Waals surface area contributed by atoms with Crippen molar-refractivity contribution in [1.29, 1.82) is 0 Å². The number of aliphatic hydroxyl groups is 1. The van der Waals surface area contributed by atoms with Gasteiger partial charge in [0.1, 0.15) is 0 Å². The summed E-state index contributed by atoms with van der Waals surface area (Å²) >= 11 is 0. The van der Waals surface area contributed by atoms with Crippen LogP contribution in [-0.4, -0.2) is 31.9 Å². The molecule has 2 atom stereocenters. The van der Waals surface area contributed by atoms with Crippen LogP contribution in [0.4, 0.5) is 0 Å². The summed E-state index contributed by atoms with van der Waals surface area (Å²) in [6, 6.07) is 4.47. The molecule has 0 aromatic heterocycles. The van der Waals surface area contributed by atoms with Gasteiger partial charge in [-0.05, 0) is 25.4 Å². The second-order valence-corrected chi connectivity index (χ2v) is 10.9. The van der Waals surface area contributed by atoms with Crippen molar-refractivity contribution in [2.45, 2.75) is 68.9 Å². The average Bonchev–Trinajstić information content (AvgIpc) is 2.70. The molecule has 0 bridgehead atoms. The molecule has 0 aromatic rings. The van der Waals surface area contributed by atoms with Crippen LogP contribution >= 0.6 is 27.0 Å². The van der Waals surface area contributed by atoms with E-state index in [0.717, 1.165) is 12.6 Å². The summed E-state index contributed by atoms with van der Waals surface area (Å²) in [5.74, 6) is 0. The van der Waals surface area contributed by atoms with Crippen LogP contribution in [0.2, 0.25) is 24.7 Å². The minimum atomic E-state index is -1.06. The average molecular weight is 296 g/mol. The summed E-state index contributed by atoms with van der Waals surface area (Å²) < 4.78 is 0. The van der Waals surface area contributed by atoms with Crippen LogP contribution in [0.25, 0.3) is 0 Å². The third-order valence-corrected chi connectivity index (χ3v) is 8.85. The van der Waals surface area contributed by atoms with Gasteiger partial charge in [-0.1, -0.05) is 37.9 Å². The van der Waals surface area contributed by atoms with E-state index in [1.165, 1.54) is 44.2 Å². The SMILES string of the molecule is C[Si]1(C[C@@H](O)[C@@H]2CCCN2)CCCCC1.S.S. The van der Waals surface area contributed by atoms with Gasteiger partial charge < -0.3 is 10.4 Å². The predicted molar refractivity (Wildman–Crippen MR) is 87.7 cm³/mol. The Balaban J connectivity index is 0.00000128. The van der Waals surface area contributed by atoms with Crippen LogP contribution in [0, 0.1) is 0 Å². The molecule has 0 spiro atoms. The normalized spacial score (nSPS) is 28.9. The fourth-order valence-electron chi connectivity index (χ4n) is 3.30. The molecule has 2 nitrogen and oxygen atoms in total. The molecule has 2 aliphatic heterocycles. The topological polar surface area (TPSA) is 32.3 Å². The summed E-state index contributed by atoms with van der Waals surface area (Å²) in [7, 11) is -1.06. The first-order valence-corrected chi connectivity index (χ1v) is 9.73. The van der Waals surface area contributed by atoms with Gasteiger partial charge in [-0.2, -0.15) is 27.0 Å². The Hall–Kier alpha value is 0.837. The smallest absolute Gasteiger partial charge is 0.0670 e. The van der Waals surface area contributed by atoms with Gasteiger partial charge in [-0.25, -0.2) is 0 Å². The van der Waals surface area contributed by atoms with Crippen LogP contribution in [0.3, 0.4) is 0 Å². The Labute approximate surface area is 121 Å². The molecule has 0 unspecified atom stereocenters. The van der Waals surface area contributed by atoms with Crippen LogP contribution in [-0.2, 0) is 0 Å². The first-order chi connectivity index (χ1) is 7.20. The van der Waals surface area contributed by atoms with E-state index in [2.05, 4.69) is 11.9 Å². The number of hydrogen-bond donors (Lipinski definition) is 2. The molecule has 0 aliphatic carbocycles. The van der Waals surface area contributed by atoms with E-state index in [4.69, 9.17) is 0 Å². The maximum absolute atomic E-state index is 10.2. The Kier molecular flexibility index (Phi) is 8.50. The van der Waals surface area contributed by atoms with E-state index in [0.29, 0.717) is 6.04 Å². The molecule has 2 saturated heterocycles. The second kappa shape index (κ2) is 8.10. The summed E-state index contributed by atoms with van der Waals surface area (Å²) in [6.45, 7) is 3.62. The van der Waals surface area contributed by atoms with Crippen LogP contribution in [0.15, 0.2) is 0 Å². The van der Waals surface area contributed by atoms with Crippen molar-refractivity contribution in [3.8, 4) is 0 Å². The minimum Gasteiger partial charge on any atom is -0.392 e. The van der Waals surface area contributed by atoms with Gasteiger partial charge in [0, 0.05) is 6.04 Å². The molecule has 2 N–H and O–H groups in total. The highest BCUT2D eigenvalue weighted by Crippen LogP contribution is 2.33. The highest BCUT2D eigenvalue weighted by molar-refractivity contribution is 7.59. The fourth-order valence-corrected chi connectivity index (χ4v) is 7.46. The minimum absolute atomic E-state index is 0. The van der Waals surface area contributed by atoms with Crippen LogP contribution in [0.5, 0.6) is 0 Å². The van der Waals surface area contributed by atoms with E-state index >= 15 is 0 Å². The maximum Gasteiger partial charge on any atom is 0.0670 e. The van der Waals surface area contributed by atoms with Gasteiger partial charge in [0.25, 0.3) is 0 Å². The predicted octanol–water partition coefficient (Wildman–Crippen LogP) is 2.59. The van der Waals surface area contributed by atoms with E-state index in [1.807, 2.05) is 0 Å². The Morgan fingerprint density at radius 1 is 1.18 bits per heavy atom. The monoisotopic (exact) mass is 295 g/mol. The Morgan fingerprint density at radius 2 is 1.82 bits per heavy atom. The molecule has 0 amide bonds. The van der Waals surface area contributed by atoms with Crippen molar-refractivity contribution in [2.75, 3.05) is 6.54 Å². The van der Waals surface area contributed by atoms with E-state index in [-0.39, 0.29) is 33.1 Å². The highest BCUT2D eigenvalue weighted by Gasteiger charge is 2.34. The van der Waals surface area contributed by atoms with Crippen molar-refractivity contribution in [2.24, 2.45) is 0 Å². The van der Waals surface area contributed by atoms with Crippen LogP contribution in [0.1, 0.15) is 32.1 Å². The quantitative estimate of drug-likeness (QED) is 0.785. The van der Waals surface area contributed by atoms with Crippen molar-refractivity contribution in [3.63, 3.8) is 0 Å². The van der Waals surface area contributed by atoms with Gasteiger partial charge >= 0.3 is 0 Å². The molecule has 0 aromatic carbocycles. The van der Waals surface area contributed by atoms with Crippen molar-refractivity contribution >= 4 is 35.1 Å². The van der Waals surface area contributed by atoms with E-state index in [1.54, 1.807) is 0 Å². The van der Waals surface area contributed by atoms with Gasteiger partial charge in [0.05, 0.1) is 14.2 Å². The molecule has 104 valence electrons. The molecular weight excluding hydrogens is 266 g/mol. The molecule has 2 rings (SSSR count). The molecule has 17 heavy (non-hydrogen) atoms. The van der Waals surface area contributed by atoms with E-state index < -0.39 is 8.07 Å². The maximum atomic E-state index is 10.2. The lowest BCUT2D eigenvalue weighted by Gasteiger charge is -2.34. The zero-order chi connectivity index (χ0) is 10.7. The lowest BCUT2D eigenvalue weighted by Crippen LogP contribution is -2.43. The highest BCUT2D eigenvalue weighted by atomic mass is 32.1. The molecular formula is C12H29NOS2Si. The van der Waals surface area contributed by atoms with Crippen molar-refractivity contribution in [3.05, 3.63) is 0 Å². The zero-order valence-electron chi connectivity index (χ0n) is 11.0. The largest absolute Gasteiger partial charge is 0.392 e. The summed E-state index contributed by atoms with van der Waals surface area (Å²) in [6.07, 6.45) is 6.66. The number of rotatable bonds is 3. The van der Waals surface area contributed by atoms with Gasteiger partial charge in [0.15, 0.2) is 0 Å². The summed E-state index contributed by atoms with van der Waals surface area (Å²) in [4.78, 5) is 0. The summed E-state index contributed by atoms with van der Waals surface area (Å²) in [5, 5.41) is 13.7. The molecule has 2 heterocycles. The molecule has 5 heteroatoms. The summed E-state index contributed by atoms with van der Waals surface area (Å²) in [5.41, 5.74) is 0.